The molecule has 1 aromatic heterocycles. The van der Waals surface area contributed by atoms with Gasteiger partial charge in [-0.15, -0.1) is 10.8 Å². The number of ether oxygens (including phenoxy) is 2. The van der Waals surface area contributed by atoms with Crippen molar-refractivity contribution in [3.05, 3.63) is 71.8 Å². The van der Waals surface area contributed by atoms with Gasteiger partial charge in [0.1, 0.15) is 29.5 Å². The number of oxazole rings is 1. The van der Waals surface area contributed by atoms with Crippen molar-refractivity contribution in [2.45, 2.75) is 57.3 Å². The topological polar surface area (TPSA) is 115 Å². The Morgan fingerprint density at radius 2 is 1.86 bits per heavy atom. The van der Waals surface area contributed by atoms with Crippen molar-refractivity contribution < 1.29 is 53.4 Å². The van der Waals surface area contributed by atoms with Gasteiger partial charge in [-0.2, -0.15) is 26.3 Å². The molecule has 0 radical (unpaired) electrons. The standard InChI is InChI=1S/C27H35F7N4O5S/c1-4-5-20(25(14-42-15-25)37-44(39,40-3)16-26(29,30)31)10-18(2)23(28)11-24(38(35)12-21-13-41-17-36-21)43-22-8-6-19(7-9-22)27(32,33)34/h6-11,13,17-18,23,37,39H,4-5,12,14-16,35H2,1-3H3. The molecule has 1 aromatic carbocycles. The van der Waals surface area contributed by atoms with Gasteiger partial charge in [-0.3, -0.25) is 13.7 Å². The minimum atomic E-state index is -4.72. The lowest BCUT2D eigenvalue weighted by molar-refractivity contribution is -0.137. The summed E-state index contributed by atoms with van der Waals surface area (Å²) in [6, 6.07) is 3.72. The van der Waals surface area contributed by atoms with E-state index in [4.69, 9.17) is 23.9 Å². The first kappa shape index (κ1) is 35.6. The number of alkyl halides is 7. The molecule has 2 heterocycles. The van der Waals surface area contributed by atoms with Crippen molar-refractivity contribution in [3.8, 4) is 5.75 Å². The van der Waals surface area contributed by atoms with Crippen LogP contribution in [0.1, 0.15) is 37.9 Å². The molecule has 0 aliphatic carbocycles. The normalized spacial score (nSPS) is 19.5. The Balaban J connectivity index is 1.90. The quantitative estimate of drug-likeness (QED) is 0.0634. The third-order valence-electron chi connectivity index (χ3n) is 6.59. The molecule has 1 fully saturated rings. The van der Waals surface area contributed by atoms with Crippen LogP contribution in [0.2, 0.25) is 0 Å². The van der Waals surface area contributed by atoms with Crippen LogP contribution >= 0.6 is 10.8 Å². The average molecular weight is 661 g/mol. The number of hydrogen-bond donors (Lipinski definition) is 3. The Labute approximate surface area is 251 Å². The fourth-order valence-corrected chi connectivity index (χ4v) is 5.89. The molecule has 248 valence electrons. The minimum absolute atomic E-state index is 0.0526. The Bertz CT molecular complexity index is 1250. The Hall–Kier alpha value is -2.83. The van der Waals surface area contributed by atoms with Crippen molar-refractivity contribution in [3.63, 3.8) is 0 Å². The summed E-state index contributed by atoms with van der Waals surface area (Å²) in [6.07, 6.45) is -5.19. The van der Waals surface area contributed by atoms with Crippen LogP contribution in [0.4, 0.5) is 30.7 Å². The molecule has 3 atom stereocenters. The van der Waals surface area contributed by atoms with Gasteiger partial charge in [0.2, 0.25) is 5.88 Å². The molecule has 0 spiro atoms. The van der Waals surface area contributed by atoms with Crippen LogP contribution in [0.3, 0.4) is 0 Å². The summed E-state index contributed by atoms with van der Waals surface area (Å²) in [6.45, 7) is 3.08. The van der Waals surface area contributed by atoms with Gasteiger partial charge < -0.3 is 13.9 Å². The zero-order chi connectivity index (χ0) is 32.8. The molecule has 0 saturated carbocycles. The molecule has 1 saturated heterocycles. The van der Waals surface area contributed by atoms with E-state index in [1.165, 1.54) is 19.3 Å². The van der Waals surface area contributed by atoms with Crippen LogP contribution < -0.4 is 15.3 Å². The van der Waals surface area contributed by atoms with E-state index in [0.717, 1.165) is 48.9 Å². The van der Waals surface area contributed by atoms with Crippen molar-refractivity contribution in [2.24, 2.45) is 11.8 Å². The van der Waals surface area contributed by atoms with Crippen molar-refractivity contribution >= 4 is 10.8 Å². The van der Waals surface area contributed by atoms with Gasteiger partial charge in [0, 0.05) is 12.0 Å². The number of nitrogens with two attached hydrogens (primary N) is 1. The van der Waals surface area contributed by atoms with Gasteiger partial charge in [0.15, 0.2) is 6.39 Å². The van der Waals surface area contributed by atoms with E-state index in [2.05, 4.69) is 9.71 Å². The van der Waals surface area contributed by atoms with Crippen LogP contribution in [-0.4, -0.2) is 58.5 Å². The highest BCUT2D eigenvalue weighted by atomic mass is 32.3. The minimum Gasteiger partial charge on any atom is -0.451 e. The predicted molar refractivity (Wildman–Crippen MR) is 148 cm³/mol. The zero-order valence-corrected chi connectivity index (χ0v) is 24.9. The number of hydrazine groups is 1. The van der Waals surface area contributed by atoms with Crippen LogP contribution in [0.5, 0.6) is 5.75 Å². The van der Waals surface area contributed by atoms with Gasteiger partial charge in [-0.1, -0.05) is 26.3 Å². The van der Waals surface area contributed by atoms with Crippen LogP contribution in [0.15, 0.2) is 64.9 Å². The Morgan fingerprint density at radius 1 is 1.20 bits per heavy atom. The second-order valence-corrected chi connectivity index (χ2v) is 12.3. The number of benzene rings is 1. The largest absolute Gasteiger partial charge is 0.451 e. The maximum atomic E-state index is 15.8. The molecule has 17 heteroatoms. The van der Waals surface area contributed by atoms with E-state index >= 15 is 4.39 Å². The van der Waals surface area contributed by atoms with E-state index in [-0.39, 0.29) is 31.4 Å². The SMILES string of the molecule is CCCC(=CC(C)C(F)C=C(Oc1ccc(C(F)(F)F)cc1)N(N)Cc1cocn1)C1(NS(O)(CC(F)(F)F)OC)COC1. The summed E-state index contributed by atoms with van der Waals surface area (Å²) in [5, 5.41) is 0.994. The van der Waals surface area contributed by atoms with E-state index in [9.17, 15) is 30.9 Å². The first-order chi connectivity index (χ1) is 20.5. The lowest BCUT2D eigenvalue weighted by atomic mass is 9.83. The summed E-state index contributed by atoms with van der Waals surface area (Å²) in [5.74, 6) is 3.30. The monoisotopic (exact) mass is 660 g/mol. The number of aromatic nitrogens is 1. The predicted octanol–water partition coefficient (Wildman–Crippen LogP) is 6.67. The van der Waals surface area contributed by atoms with Crippen LogP contribution in [0.25, 0.3) is 0 Å². The third-order valence-corrected chi connectivity index (χ3v) is 8.57. The molecule has 4 N–H and O–H groups in total. The molecule has 0 amide bonds. The molecule has 1 aliphatic rings. The number of allylic oxidation sites excluding steroid dienone is 2. The van der Waals surface area contributed by atoms with E-state index < -0.39 is 52.1 Å². The van der Waals surface area contributed by atoms with E-state index in [1.807, 2.05) is 6.92 Å². The smallest absolute Gasteiger partial charge is 0.416 e. The molecule has 44 heavy (non-hydrogen) atoms. The van der Waals surface area contributed by atoms with Gasteiger partial charge in [-0.05, 0) is 36.3 Å². The molecular weight excluding hydrogens is 625 g/mol. The van der Waals surface area contributed by atoms with Gasteiger partial charge in [0.25, 0.3) is 0 Å². The summed E-state index contributed by atoms with van der Waals surface area (Å²) in [7, 11) is -2.84. The second kappa shape index (κ2) is 14.5. The summed E-state index contributed by atoms with van der Waals surface area (Å²) in [4.78, 5) is 3.94. The van der Waals surface area contributed by atoms with Gasteiger partial charge >= 0.3 is 12.4 Å². The Kier molecular flexibility index (Phi) is 11.8. The number of nitrogens with zero attached hydrogens (tertiary/aromatic N) is 2. The van der Waals surface area contributed by atoms with Gasteiger partial charge in [-0.25, -0.2) is 19.9 Å². The fourth-order valence-electron chi connectivity index (χ4n) is 4.32. The van der Waals surface area contributed by atoms with E-state index in [0.29, 0.717) is 24.1 Å². The fraction of sp³-hybridized carbons (Fsp3) is 0.519. The number of rotatable bonds is 15. The first-order valence-electron chi connectivity index (χ1n) is 13.3. The maximum absolute atomic E-state index is 15.8. The zero-order valence-electron chi connectivity index (χ0n) is 24.1. The summed E-state index contributed by atoms with van der Waals surface area (Å²) < 4.78 is 128. The lowest BCUT2D eigenvalue weighted by Crippen LogP contribution is -2.63. The molecule has 9 nitrogen and oxygen atoms in total. The van der Waals surface area contributed by atoms with Gasteiger partial charge in [0.05, 0.1) is 38.1 Å². The lowest BCUT2D eigenvalue weighted by Gasteiger charge is -2.51. The number of hydrogen-bond acceptors (Lipinski definition) is 9. The highest BCUT2D eigenvalue weighted by Crippen LogP contribution is 2.49. The van der Waals surface area contributed by atoms with Crippen molar-refractivity contribution in [1.29, 1.82) is 0 Å². The molecule has 3 rings (SSSR count). The van der Waals surface area contributed by atoms with Crippen LogP contribution in [0, 0.1) is 5.92 Å². The molecule has 1 aliphatic heterocycles. The second-order valence-electron chi connectivity index (χ2n) is 10.2. The Morgan fingerprint density at radius 3 is 2.34 bits per heavy atom. The molecular formula is C27H35F7N4O5S. The highest BCUT2D eigenvalue weighted by molar-refractivity contribution is 8.23. The summed E-state index contributed by atoms with van der Waals surface area (Å²) >= 11 is 0. The van der Waals surface area contributed by atoms with Crippen molar-refractivity contribution in [2.75, 3.05) is 26.1 Å². The maximum Gasteiger partial charge on any atom is 0.416 e. The number of halogens is 7. The average Bonchev–Trinajstić information content (AvgIpc) is 3.42. The number of nitrogens with one attached hydrogen (secondary N) is 1. The first-order valence-corrected chi connectivity index (χ1v) is 15.0. The van der Waals surface area contributed by atoms with Crippen molar-refractivity contribution in [1.82, 2.24) is 14.7 Å². The third kappa shape index (κ3) is 9.84. The molecule has 2 aromatic rings. The van der Waals surface area contributed by atoms with E-state index in [1.54, 1.807) is 0 Å². The molecule has 0 bridgehead atoms. The summed E-state index contributed by atoms with van der Waals surface area (Å²) in [5.41, 5.74) is -1.27. The molecule has 3 unspecified atom stereocenters. The van der Waals surface area contributed by atoms with Crippen LogP contribution in [-0.2, 0) is 21.6 Å². The highest BCUT2D eigenvalue weighted by Gasteiger charge is 2.48.